The molecule has 0 amide bonds. The van der Waals surface area contributed by atoms with E-state index >= 15 is 0 Å². The van der Waals surface area contributed by atoms with E-state index in [0.717, 1.165) is 23.8 Å². The van der Waals surface area contributed by atoms with Gasteiger partial charge in [0.15, 0.2) is 0 Å². The zero-order valence-electron chi connectivity index (χ0n) is 12.4. The normalized spacial score (nSPS) is 10.6. The Hall–Kier alpha value is -1.83. The minimum Gasteiger partial charge on any atom is -0.396 e. The lowest BCUT2D eigenvalue weighted by atomic mass is 10.2. The molecule has 2 aromatic heterocycles. The lowest BCUT2D eigenvalue weighted by Crippen LogP contribution is -2.06. The van der Waals surface area contributed by atoms with Crippen molar-refractivity contribution in [3.05, 3.63) is 60.2 Å². The first-order valence-electron chi connectivity index (χ1n) is 6.74. The molecule has 22 heavy (non-hydrogen) atoms. The number of aliphatic hydroxyl groups excluding tert-OH is 1. The van der Waals surface area contributed by atoms with Gasteiger partial charge in [0.25, 0.3) is 10.1 Å². The van der Waals surface area contributed by atoms with Gasteiger partial charge in [0.05, 0.1) is 12.9 Å². The third-order valence-electron chi connectivity index (χ3n) is 2.59. The minimum atomic E-state index is -3.31. The van der Waals surface area contributed by atoms with Gasteiger partial charge in [0, 0.05) is 31.4 Å². The number of hydrogen-bond donors (Lipinski definition) is 1. The molecule has 0 aliphatic carbocycles. The minimum absolute atomic E-state index is 0.183. The van der Waals surface area contributed by atoms with Crippen LogP contribution in [0.15, 0.2) is 49.1 Å². The molecule has 0 saturated carbocycles. The largest absolute Gasteiger partial charge is 0.396 e. The Bertz CT molecular complexity index is 619. The van der Waals surface area contributed by atoms with Crippen LogP contribution in [0.3, 0.4) is 0 Å². The van der Waals surface area contributed by atoms with Gasteiger partial charge in [-0.25, -0.2) is 0 Å². The Kier molecular flexibility index (Phi) is 8.27. The molecule has 0 atom stereocenters. The van der Waals surface area contributed by atoms with E-state index in [1.165, 1.54) is 0 Å². The smallest absolute Gasteiger partial charge is 0.264 e. The SMILES string of the molecule is CS(=O)(=O)OCCc1ccncc1.OCCc1ccncc1. The first-order valence-corrected chi connectivity index (χ1v) is 8.56. The summed E-state index contributed by atoms with van der Waals surface area (Å²) in [6.45, 7) is 0.396. The number of nitrogens with zero attached hydrogens (tertiary/aromatic N) is 2. The highest BCUT2D eigenvalue weighted by Crippen LogP contribution is 1.99. The van der Waals surface area contributed by atoms with Crippen molar-refractivity contribution in [1.82, 2.24) is 9.97 Å². The van der Waals surface area contributed by atoms with Crippen molar-refractivity contribution in [2.75, 3.05) is 19.5 Å². The molecule has 6 nitrogen and oxygen atoms in total. The first kappa shape index (κ1) is 18.2. The second-order valence-electron chi connectivity index (χ2n) is 4.46. The van der Waals surface area contributed by atoms with Crippen molar-refractivity contribution in [3.8, 4) is 0 Å². The molecule has 1 N–H and O–H groups in total. The van der Waals surface area contributed by atoms with Crippen molar-refractivity contribution >= 4 is 10.1 Å². The second kappa shape index (κ2) is 9.99. The summed E-state index contributed by atoms with van der Waals surface area (Å²) in [5.41, 5.74) is 2.14. The van der Waals surface area contributed by atoms with Crippen LogP contribution in [0.2, 0.25) is 0 Å². The summed E-state index contributed by atoms with van der Waals surface area (Å²) in [6.07, 6.45) is 9.12. The summed E-state index contributed by atoms with van der Waals surface area (Å²) in [4.78, 5) is 7.69. The molecule has 0 aromatic carbocycles. The van der Waals surface area contributed by atoms with Crippen molar-refractivity contribution in [3.63, 3.8) is 0 Å². The molecule has 0 saturated heterocycles. The van der Waals surface area contributed by atoms with E-state index in [9.17, 15) is 8.42 Å². The fourth-order valence-electron chi connectivity index (χ4n) is 1.54. The van der Waals surface area contributed by atoms with Crippen LogP contribution in [0.5, 0.6) is 0 Å². The molecule has 0 spiro atoms. The molecule has 0 bridgehead atoms. The van der Waals surface area contributed by atoms with Crippen LogP contribution in [0.4, 0.5) is 0 Å². The molecular weight excluding hydrogens is 304 g/mol. The molecule has 0 unspecified atom stereocenters. The molecule has 0 aliphatic rings. The zero-order chi connectivity index (χ0) is 16.3. The van der Waals surface area contributed by atoms with E-state index in [0.29, 0.717) is 6.42 Å². The fourth-order valence-corrected chi connectivity index (χ4v) is 1.92. The van der Waals surface area contributed by atoms with E-state index in [-0.39, 0.29) is 13.2 Å². The second-order valence-corrected chi connectivity index (χ2v) is 6.10. The Balaban J connectivity index is 0.000000235. The van der Waals surface area contributed by atoms with Gasteiger partial charge < -0.3 is 5.11 Å². The van der Waals surface area contributed by atoms with E-state index in [4.69, 9.17) is 5.11 Å². The van der Waals surface area contributed by atoms with E-state index < -0.39 is 10.1 Å². The van der Waals surface area contributed by atoms with Crippen LogP contribution in [-0.2, 0) is 27.1 Å². The quantitative estimate of drug-likeness (QED) is 0.804. The average Bonchev–Trinajstić information content (AvgIpc) is 2.49. The molecule has 2 aromatic rings. The first-order chi connectivity index (χ1) is 10.5. The van der Waals surface area contributed by atoms with Crippen molar-refractivity contribution < 1.29 is 17.7 Å². The molecule has 0 radical (unpaired) electrons. The zero-order valence-corrected chi connectivity index (χ0v) is 13.2. The Labute approximate surface area is 131 Å². The summed E-state index contributed by atoms with van der Waals surface area (Å²) in [5, 5.41) is 8.50. The Morgan fingerprint density at radius 3 is 1.82 bits per heavy atom. The van der Waals surface area contributed by atoms with Crippen LogP contribution in [0.25, 0.3) is 0 Å². The van der Waals surface area contributed by atoms with E-state index in [2.05, 4.69) is 14.2 Å². The van der Waals surface area contributed by atoms with Crippen LogP contribution >= 0.6 is 0 Å². The van der Waals surface area contributed by atoms with Crippen molar-refractivity contribution in [2.45, 2.75) is 12.8 Å². The number of hydrogen-bond acceptors (Lipinski definition) is 6. The average molecular weight is 324 g/mol. The molecule has 7 heteroatoms. The Morgan fingerprint density at radius 1 is 0.955 bits per heavy atom. The summed E-state index contributed by atoms with van der Waals surface area (Å²) in [6, 6.07) is 7.45. The number of aliphatic hydroxyl groups is 1. The highest BCUT2D eigenvalue weighted by atomic mass is 32.2. The van der Waals surface area contributed by atoms with E-state index in [1.54, 1.807) is 24.8 Å². The van der Waals surface area contributed by atoms with Crippen LogP contribution < -0.4 is 0 Å². The molecular formula is C15H20N2O4S. The molecule has 0 fully saturated rings. The fraction of sp³-hybridized carbons (Fsp3) is 0.333. The molecule has 120 valence electrons. The molecule has 2 heterocycles. The predicted octanol–water partition coefficient (Wildman–Crippen LogP) is 1.22. The van der Waals surface area contributed by atoms with Gasteiger partial charge in [0.2, 0.25) is 0 Å². The molecule has 0 aliphatic heterocycles. The number of pyridine rings is 2. The lowest BCUT2D eigenvalue weighted by Gasteiger charge is -2.00. The maximum Gasteiger partial charge on any atom is 0.264 e. The van der Waals surface area contributed by atoms with E-state index in [1.807, 2.05) is 24.3 Å². The monoisotopic (exact) mass is 324 g/mol. The summed E-state index contributed by atoms with van der Waals surface area (Å²) < 4.78 is 25.8. The van der Waals surface area contributed by atoms with Gasteiger partial charge in [-0.1, -0.05) is 0 Å². The lowest BCUT2D eigenvalue weighted by molar-refractivity contribution is 0.299. The van der Waals surface area contributed by atoms with Gasteiger partial charge in [-0.3, -0.25) is 14.2 Å². The van der Waals surface area contributed by atoms with Gasteiger partial charge in [0.1, 0.15) is 0 Å². The number of rotatable bonds is 6. The van der Waals surface area contributed by atoms with Crippen LogP contribution in [0, 0.1) is 0 Å². The summed E-state index contributed by atoms with van der Waals surface area (Å²) in [7, 11) is -3.31. The van der Waals surface area contributed by atoms with Crippen molar-refractivity contribution in [1.29, 1.82) is 0 Å². The third-order valence-corrected chi connectivity index (χ3v) is 3.18. The van der Waals surface area contributed by atoms with Gasteiger partial charge in [-0.15, -0.1) is 0 Å². The Morgan fingerprint density at radius 2 is 1.41 bits per heavy atom. The highest BCUT2D eigenvalue weighted by molar-refractivity contribution is 7.85. The highest BCUT2D eigenvalue weighted by Gasteiger charge is 2.00. The van der Waals surface area contributed by atoms with Gasteiger partial charge in [-0.05, 0) is 48.2 Å². The maximum absolute atomic E-state index is 10.6. The van der Waals surface area contributed by atoms with Crippen LogP contribution in [0.1, 0.15) is 11.1 Å². The molecule has 2 rings (SSSR count). The van der Waals surface area contributed by atoms with Gasteiger partial charge >= 0.3 is 0 Å². The van der Waals surface area contributed by atoms with Crippen LogP contribution in [-0.4, -0.2) is 43.0 Å². The van der Waals surface area contributed by atoms with Gasteiger partial charge in [-0.2, -0.15) is 8.42 Å². The summed E-state index contributed by atoms with van der Waals surface area (Å²) in [5.74, 6) is 0. The summed E-state index contributed by atoms with van der Waals surface area (Å²) >= 11 is 0. The van der Waals surface area contributed by atoms with Crippen molar-refractivity contribution in [2.24, 2.45) is 0 Å². The maximum atomic E-state index is 10.6. The third kappa shape index (κ3) is 9.17. The predicted molar refractivity (Wildman–Crippen MR) is 83.8 cm³/mol. The standard InChI is InChI=1S/C8H11NO3S.C7H9NO/c1-13(10,11)12-7-4-8-2-5-9-6-3-8;9-6-3-7-1-4-8-5-2-7/h2-3,5-6H,4,7H2,1H3;1-2,4-5,9H,3,6H2. The number of aromatic nitrogens is 2. The topological polar surface area (TPSA) is 89.4 Å².